The third-order valence-corrected chi connectivity index (χ3v) is 6.80. The lowest BCUT2D eigenvalue weighted by Crippen LogP contribution is -2.50. The van der Waals surface area contributed by atoms with Gasteiger partial charge < -0.3 is 34.9 Å². The zero-order valence-electron chi connectivity index (χ0n) is 20.7. The maximum Gasteiger partial charge on any atom is 0.317 e. The number of hydrogen-bond acceptors (Lipinski definition) is 6. The largest absolute Gasteiger partial charge is 0.385 e. The number of ether oxygens (including phenoxy) is 2. The van der Waals surface area contributed by atoms with E-state index in [0.717, 1.165) is 49.2 Å². The van der Waals surface area contributed by atoms with Crippen LogP contribution in [-0.4, -0.2) is 97.0 Å². The van der Waals surface area contributed by atoms with Gasteiger partial charge in [-0.15, -0.1) is 0 Å². The van der Waals surface area contributed by atoms with E-state index in [1.54, 1.807) is 12.0 Å². The van der Waals surface area contributed by atoms with Gasteiger partial charge in [-0.1, -0.05) is 12.1 Å². The van der Waals surface area contributed by atoms with Crippen molar-refractivity contribution in [3.05, 3.63) is 30.1 Å². The van der Waals surface area contributed by atoms with Crippen molar-refractivity contribution in [2.45, 2.75) is 44.2 Å². The van der Waals surface area contributed by atoms with E-state index in [-0.39, 0.29) is 30.8 Å². The van der Waals surface area contributed by atoms with Gasteiger partial charge in [0.1, 0.15) is 5.82 Å². The third-order valence-electron chi connectivity index (χ3n) is 6.80. The molecule has 2 atom stereocenters. The normalized spacial score (nSPS) is 19.7. The fourth-order valence-corrected chi connectivity index (χ4v) is 4.94. The summed E-state index contributed by atoms with van der Waals surface area (Å²) in [5, 5.41) is 2.85. The Morgan fingerprint density at radius 3 is 2.83 bits per heavy atom. The number of nitrogens with two attached hydrogens (primary N) is 1. The molecule has 35 heavy (non-hydrogen) atoms. The lowest BCUT2D eigenvalue weighted by Gasteiger charge is -2.33. The Labute approximate surface area is 206 Å². The molecule has 0 spiro atoms. The Morgan fingerprint density at radius 2 is 2.03 bits per heavy atom. The van der Waals surface area contributed by atoms with Crippen LogP contribution in [0.1, 0.15) is 37.4 Å². The number of benzene rings is 1. The van der Waals surface area contributed by atoms with Gasteiger partial charge in [-0.25, -0.2) is 9.78 Å². The smallest absolute Gasteiger partial charge is 0.317 e. The number of amides is 3. The topological polar surface area (TPSA) is 115 Å². The van der Waals surface area contributed by atoms with Gasteiger partial charge in [0.15, 0.2) is 0 Å². The summed E-state index contributed by atoms with van der Waals surface area (Å²) in [5.41, 5.74) is 8.33. The molecule has 2 aliphatic rings. The molecule has 2 aliphatic heterocycles. The number of methoxy groups -OCH3 is 1. The molecule has 3 N–H and O–H groups in total. The molecule has 3 heterocycles. The Bertz CT molecular complexity index is 989. The van der Waals surface area contributed by atoms with Gasteiger partial charge in [-0.05, 0) is 31.4 Å². The van der Waals surface area contributed by atoms with Crippen molar-refractivity contribution in [1.82, 2.24) is 24.7 Å². The molecule has 0 saturated carbocycles. The Hall–Kier alpha value is -2.69. The van der Waals surface area contributed by atoms with Crippen molar-refractivity contribution in [2.24, 2.45) is 5.73 Å². The molecule has 10 heteroatoms. The van der Waals surface area contributed by atoms with Crippen LogP contribution < -0.4 is 11.1 Å². The van der Waals surface area contributed by atoms with Crippen molar-refractivity contribution in [1.29, 1.82) is 0 Å². The summed E-state index contributed by atoms with van der Waals surface area (Å²) >= 11 is 0. The molecular formula is C25H38N6O4. The number of carbonyl (C=O) groups is 2. The first kappa shape index (κ1) is 25.4. The maximum atomic E-state index is 13.1. The van der Waals surface area contributed by atoms with Crippen LogP contribution in [0.4, 0.5) is 4.79 Å². The Morgan fingerprint density at radius 1 is 1.23 bits per heavy atom. The van der Waals surface area contributed by atoms with Crippen LogP contribution in [0, 0.1) is 0 Å². The molecule has 2 aromatic rings. The van der Waals surface area contributed by atoms with E-state index in [0.29, 0.717) is 39.5 Å². The van der Waals surface area contributed by atoms with Crippen LogP contribution in [0.3, 0.4) is 0 Å². The van der Waals surface area contributed by atoms with E-state index in [1.165, 1.54) is 0 Å². The van der Waals surface area contributed by atoms with Gasteiger partial charge >= 0.3 is 6.03 Å². The number of aryl methyl sites for hydroxylation is 1. The number of aromatic nitrogens is 2. The minimum Gasteiger partial charge on any atom is -0.385 e. The Balaban J connectivity index is 1.34. The maximum absolute atomic E-state index is 13.1. The number of urea groups is 1. The summed E-state index contributed by atoms with van der Waals surface area (Å²) in [6, 6.07) is 7.62. The van der Waals surface area contributed by atoms with E-state index in [2.05, 4.69) is 16.0 Å². The molecule has 4 rings (SSSR count). The fourth-order valence-electron chi connectivity index (χ4n) is 4.94. The van der Waals surface area contributed by atoms with Crippen LogP contribution in [0.25, 0.3) is 11.0 Å². The highest BCUT2D eigenvalue weighted by atomic mass is 16.5. The van der Waals surface area contributed by atoms with Crippen LogP contribution in [0.15, 0.2) is 24.3 Å². The number of fused-ring (bicyclic) bond motifs is 1. The lowest BCUT2D eigenvalue weighted by molar-refractivity contribution is -0.132. The summed E-state index contributed by atoms with van der Waals surface area (Å²) in [5.74, 6) is 1.26. The van der Waals surface area contributed by atoms with Crippen molar-refractivity contribution in [3.63, 3.8) is 0 Å². The molecule has 0 unspecified atom stereocenters. The summed E-state index contributed by atoms with van der Waals surface area (Å²) in [7, 11) is 1.72. The fraction of sp³-hybridized carbons (Fsp3) is 0.640. The minimum atomic E-state index is -0.425. The number of likely N-dealkylation sites (tertiary alicyclic amines) is 1. The molecule has 0 aliphatic carbocycles. The van der Waals surface area contributed by atoms with Gasteiger partial charge in [0, 0.05) is 71.4 Å². The first-order chi connectivity index (χ1) is 17.1. The van der Waals surface area contributed by atoms with Gasteiger partial charge in [-0.2, -0.15) is 0 Å². The molecule has 2 fully saturated rings. The second-order valence-electron chi connectivity index (χ2n) is 9.39. The number of piperidine rings is 1. The predicted octanol–water partition coefficient (Wildman–Crippen LogP) is 1.54. The van der Waals surface area contributed by atoms with Crippen molar-refractivity contribution in [2.75, 3.05) is 59.7 Å². The van der Waals surface area contributed by atoms with E-state index < -0.39 is 6.04 Å². The van der Waals surface area contributed by atoms with E-state index in [1.807, 2.05) is 23.1 Å². The van der Waals surface area contributed by atoms with Crippen LogP contribution in [0.2, 0.25) is 0 Å². The monoisotopic (exact) mass is 486 g/mol. The van der Waals surface area contributed by atoms with E-state index in [9.17, 15) is 9.59 Å². The van der Waals surface area contributed by atoms with E-state index >= 15 is 0 Å². The van der Waals surface area contributed by atoms with Gasteiger partial charge in [0.2, 0.25) is 5.91 Å². The van der Waals surface area contributed by atoms with Gasteiger partial charge in [0.25, 0.3) is 0 Å². The molecule has 0 bridgehead atoms. The first-order valence-corrected chi connectivity index (χ1v) is 12.6. The average Bonchev–Trinajstić information content (AvgIpc) is 3.26. The summed E-state index contributed by atoms with van der Waals surface area (Å²) < 4.78 is 12.8. The SMILES string of the molecule is COCCCn1c([C@@H]2CCCN(C(=O)C[C@H](N)CNC(=O)N3CCOCC3)C2)nc2ccccc21. The summed E-state index contributed by atoms with van der Waals surface area (Å²) in [6.07, 6.45) is 3.05. The number of carbonyl (C=O) groups excluding carboxylic acids is 2. The van der Waals surface area contributed by atoms with Crippen LogP contribution >= 0.6 is 0 Å². The quantitative estimate of drug-likeness (QED) is 0.520. The molecular weight excluding hydrogens is 448 g/mol. The number of para-hydroxylation sites is 2. The van der Waals surface area contributed by atoms with Crippen molar-refractivity contribution >= 4 is 23.0 Å². The number of imidazole rings is 1. The molecule has 10 nitrogen and oxygen atoms in total. The highest BCUT2D eigenvalue weighted by Gasteiger charge is 2.29. The molecule has 2 saturated heterocycles. The minimum absolute atomic E-state index is 0.0323. The second-order valence-corrected chi connectivity index (χ2v) is 9.39. The first-order valence-electron chi connectivity index (χ1n) is 12.6. The van der Waals surface area contributed by atoms with Gasteiger partial charge in [-0.3, -0.25) is 4.79 Å². The van der Waals surface area contributed by atoms with Crippen LogP contribution in [0.5, 0.6) is 0 Å². The second kappa shape index (κ2) is 12.3. The molecule has 192 valence electrons. The average molecular weight is 487 g/mol. The molecule has 0 radical (unpaired) electrons. The highest BCUT2D eigenvalue weighted by Crippen LogP contribution is 2.30. The summed E-state index contributed by atoms with van der Waals surface area (Å²) in [4.78, 5) is 33.9. The van der Waals surface area contributed by atoms with Crippen LogP contribution in [-0.2, 0) is 20.8 Å². The molecule has 3 amide bonds. The number of morpholine rings is 1. The highest BCUT2D eigenvalue weighted by molar-refractivity contribution is 5.78. The number of nitrogens with one attached hydrogen (secondary N) is 1. The van der Waals surface area contributed by atoms with Crippen molar-refractivity contribution in [3.8, 4) is 0 Å². The standard InChI is InChI=1S/C25H38N6O4/c1-34-13-5-10-31-22-8-3-2-7-21(22)28-24(31)19-6-4-9-30(18-19)23(32)16-20(26)17-27-25(33)29-11-14-35-15-12-29/h2-3,7-8,19-20H,4-6,9-18,26H2,1H3,(H,27,33)/t19-,20+/m1/s1. The third kappa shape index (κ3) is 6.50. The predicted molar refractivity (Wildman–Crippen MR) is 133 cm³/mol. The van der Waals surface area contributed by atoms with Gasteiger partial charge in [0.05, 0.1) is 24.2 Å². The number of hydrogen-bond donors (Lipinski definition) is 2. The Kier molecular flexibility index (Phi) is 8.95. The lowest BCUT2D eigenvalue weighted by atomic mass is 9.96. The number of nitrogens with zero attached hydrogens (tertiary/aromatic N) is 4. The zero-order chi connectivity index (χ0) is 24.6. The zero-order valence-corrected chi connectivity index (χ0v) is 20.7. The number of rotatable bonds is 9. The van der Waals surface area contributed by atoms with E-state index in [4.69, 9.17) is 20.2 Å². The van der Waals surface area contributed by atoms with Crippen molar-refractivity contribution < 1.29 is 19.1 Å². The molecule has 1 aromatic carbocycles. The summed E-state index contributed by atoms with van der Waals surface area (Å²) in [6.45, 7) is 5.42. The molecule has 1 aromatic heterocycles.